The maximum Gasteiger partial charge on any atom is 0.261 e. The van der Waals surface area contributed by atoms with Crippen molar-refractivity contribution in [3.63, 3.8) is 0 Å². The minimum Gasteiger partial charge on any atom is -0.350 e. The standard InChI is InChI=1S/C33H35BrN2OS/c34-31-18-17-30(38-31)32(37)35-25-33(28-13-6-2-7-14-28,29-15-8-3-9-16-29)21-10-22-36-23-19-27(20-24-36)26-11-4-1-5-12-26/h1-9,11-18,27H,10,19-25H2,(H,35,37). The van der Waals surface area contributed by atoms with Crippen molar-refractivity contribution in [1.29, 1.82) is 0 Å². The van der Waals surface area contributed by atoms with Gasteiger partial charge in [0.05, 0.1) is 8.66 Å². The number of nitrogens with one attached hydrogen (secondary N) is 1. The average molecular weight is 588 g/mol. The Kier molecular flexibility index (Phi) is 9.10. The maximum atomic E-state index is 13.1. The molecule has 0 bridgehead atoms. The van der Waals surface area contributed by atoms with Crippen molar-refractivity contribution in [2.24, 2.45) is 0 Å². The second kappa shape index (κ2) is 12.9. The first kappa shape index (κ1) is 26.9. The van der Waals surface area contributed by atoms with Crippen LogP contribution in [-0.2, 0) is 5.41 Å². The first-order chi connectivity index (χ1) is 18.6. The van der Waals surface area contributed by atoms with Crippen molar-refractivity contribution in [3.05, 3.63) is 128 Å². The number of halogens is 1. The van der Waals surface area contributed by atoms with E-state index in [1.54, 1.807) is 0 Å². The van der Waals surface area contributed by atoms with Gasteiger partial charge in [-0.2, -0.15) is 0 Å². The van der Waals surface area contributed by atoms with Crippen LogP contribution in [0, 0.1) is 0 Å². The van der Waals surface area contributed by atoms with Crippen molar-refractivity contribution in [2.45, 2.75) is 37.0 Å². The summed E-state index contributed by atoms with van der Waals surface area (Å²) in [4.78, 5) is 16.5. The zero-order valence-electron chi connectivity index (χ0n) is 21.7. The predicted molar refractivity (Wildman–Crippen MR) is 162 cm³/mol. The molecule has 38 heavy (non-hydrogen) atoms. The molecule has 1 fully saturated rings. The zero-order chi connectivity index (χ0) is 26.2. The normalized spacial score (nSPS) is 14.9. The summed E-state index contributed by atoms with van der Waals surface area (Å²) in [5.41, 5.74) is 3.69. The molecule has 1 aliphatic heterocycles. The van der Waals surface area contributed by atoms with Crippen LogP contribution in [0.3, 0.4) is 0 Å². The predicted octanol–water partition coefficient (Wildman–Crippen LogP) is 7.89. The van der Waals surface area contributed by atoms with Crippen molar-refractivity contribution < 1.29 is 4.79 Å². The number of carbonyl (C=O) groups excluding carboxylic acids is 1. The number of benzene rings is 3. The fraction of sp³-hybridized carbons (Fsp3) is 0.303. The van der Waals surface area contributed by atoms with Gasteiger partial charge in [0, 0.05) is 12.0 Å². The lowest BCUT2D eigenvalue weighted by atomic mass is 9.71. The van der Waals surface area contributed by atoms with E-state index in [2.05, 4.69) is 117 Å². The third-order valence-electron chi connectivity index (χ3n) is 7.94. The summed E-state index contributed by atoms with van der Waals surface area (Å²) in [6.07, 6.45) is 4.48. The molecule has 0 unspecified atom stereocenters. The van der Waals surface area contributed by atoms with Gasteiger partial charge < -0.3 is 10.2 Å². The number of hydrogen-bond donors (Lipinski definition) is 1. The van der Waals surface area contributed by atoms with Gasteiger partial charge in [0.25, 0.3) is 5.91 Å². The molecule has 1 N–H and O–H groups in total. The van der Waals surface area contributed by atoms with Gasteiger partial charge in [-0.25, -0.2) is 0 Å². The summed E-state index contributed by atoms with van der Waals surface area (Å²) in [6, 6.07) is 36.2. The van der Waals surface area contributed by atoms with Gasteiger partial charge in [0.2, 0.25) is 0 Å². The van der Waals surface area contributed by atoms with Gasteiger partial charge in [-0.05, 0) is 96.0 Å². The number of likely N-dealkylation sites (tertiary alicyclic amines) is 1. The highest BCUT2D eigenvalue weighted by molar-refractivity contribution is 9.11. The first-order valence-electron chi connectivity index (χ1n) is 13.6. The number of thiophene rings is 1. The van der Waals surface area contributed by atoms with E-state index in [1.165, 1.54) is 40.9 Å². The molecule has 0 saturated carbocycles. The van der Waals surface area contributed by atoms with Gasteiger partial charge in [-0.1, -0.05) is 91.0 Å². The Morgan fingerprint density at radius 3 is 1.97 bits per heavy atom. The molecule has 0 aliphatic carbocycles. The molecule has 1 aliphatic rings. The van der Waals surface area contributed by atoms with Crippen molar-refractivity contribution >= 4 is 33.2 Å². The summed E-state index contributed by atoms with van der Waals surface area (Å²) in [5.74, 6) is 0.660. The summed E-state index contributed by atoms with van der Waals surface area (Å²) in [7, 11) is 0. The lowest BCUT2D eigenvalue weighted by Gasteiger charge is -2.37. The summed E-state index contributed by atoms with van der Waals surface area (Å²) < 4.78 is 0.969. The van der Waals surface area contributed by atoms with E-state index in [-0.39, 0.29) is 11.3 Å². The Labute approximate surface area is 239 Å². The van der Waals surface area contributed by atoms with Crippen LogP contribution in [0.25, 0.3) is 0 Å². The van der Waals surface area contributed by atoms with Crippen LogP contribution in [0.15, 0.2) is 107 Å². The highest BCUT2D eigenvalue weighted by Crippen LogP contribution is 2.37. The maximum absolute atomic E-state index is 13.1. The molecule has 1 aromatic heterocycles. The van der Waals surface area contributed by atoms with Crippen LogP contribution in [0.5, 0.6) is 0 Å². The Morgan fingerprint density at radius 2 is 1.42 bits per heavy atom. The monoisotopic (exact) mass is 586 g/mol. The number of nitrogens with zero attached hydrogens (tertiary/aromatic N) is 1. The van der Waals surface area contributed by atoms with E-state index in [0.717, 1.165) is 41.1 Å². The smallest absolute Gasteiger partial charge is 0.261 e. The number of rotatable bonds is 10. The van der Waals surface area contributed by atoms with Crippen LogP contribution in [0.2, 0.25) is 0 Å². The molecule has 0 atom stereocenters. The highest BCUT2D eigenvalue weighted by atomic mass is 79.9. The molecule has 196 valence electrons. The molecule has 4 aromatic rings. The Morgan fingerprint density at radius 1 is 0.842 bits per heavy atom. The summed E-state index contributed by atoms with van der Waals surface area (Å²) in [5, 5.41) is 3.30. The van der Waals surface area contributed by atoms with Gasteiger partial charge in [-0.3, -0.25) is 4.79 Å². The van der Waals surface area contributed by atoms with Crippen LogP contribution in [-0.4, -0.2) is 37.0 Å². The average Bonchev–Trinajstić information content (AvgIpc) is 3.43. The molecule has 3 aromatic carbocycles. The molecule has 5 rings (SSSR count). The van der Waals surface area contributed by atoms with Crippen LogP contribution in [0.4, 0.5) is 0 Å². The SMILES string of the molecule is O=C(NCC(CCCN1CCC(c2ccccc2)CC1)(c1ccccc1)c1ccccc1)c1ccc(Br)s1. The lowest BCUT2D eigenvalue weighted by Crippen LogP contribution is -2.42. The molecule has 1 saturated heterocycles. The van der Waals surface area contributed by atoms with Crippen molar-refractivity contribution in [2.75, 3.05) is 26.2 Å². The van der Waals surface area contributed by atoms with E-state index in [1.807, 2.05) is 12.1 Å². The van der Waals surface area contributed by atoms with Crippen LogP contribution >= 0.6 is 27.3 Å². The number of carbonyl (C=O) groups is 1. The Bertz CT molecular complexity index is 1240. The molecule has 3 nitrogen and oxygen atoms in total. The zero-order valence-corrected chi connectivity index (χ0v) is 24.1. The van der Waals surface area contributed by atoms with E-state index in [4.69, 9.17) is 0 Å². The molecular weight excluding hydrogens is 552 g/mol. The highest BCUT2D eigenvalue weighted by Gasteiger charge is 2.35. The molecule has 2 heterocycles. The first-order valence-corrected chi connectivity index (χ1v) is 15.2. The summed E-state index contributed by atoms with van der Waals surface area (Å²) in [6.45, 7) is 3.93. The molecule has 0 radical (unpaired) electrons. The quantitative estimate of drug-likeness (QED) is 0.205. The van der Waals surface area contributed by atoms with E-state index in [9.17, 15) is 4.79 Å². The number of amides is 1. The second-order valence-electron chi connectivity index (χ2n) is 10.2. The number of hydrogen-bond acceptors (Lipinski definition) is 3. The molecule has 1 amide bonds. The molecule has 5 heteroatoms. The largest absolute Gasteiger partial charge is 0.350 e. The molecule has 0 spiro atoms. The van der Waals surface area contributed by atoms with E-state index < -0.39 is 0 Å². The third kappa shape index (κ3) is 6.45. The fourth-order valence-electron chi connectivity index (χ4n) is 5.84. The minimum atomic E-state index is -0.297. The lowest BCUT2D eigenvalue weighted by molar-refractivity contribution is 0.0948. The van der Waals surface area contributed by atoms with Gasteiger partial charge in [0.15, 0.2) is 0 Å². The minimum absolute atomic E-state index is 0.0140. The second-order valence-corrected chi connectivity index (χ2v) is 12.7. The van der Waals surface area contributed by atoms with Crippen LogP contribution < -0.4 is 5.32 Å². The topological polar surface area (TPSA) is 32.3 Å². The van der Waals surface area contributed by atoms with Crippen molar-refractivity contribution in [3.8, 4) is 0 Å². The fourth-order valence-corrected chi connectivity index (χ4v) is 7.14. The van der Waals surface area contributed by atoms with E-state index in [0.29, 0.717) is 12.5 Å². The van der Waals surface area contributed by atoms with Gasteiger partial charge in [0.1, 0.15) is 0 Å². The van der Waals surface area contributed by atoms with Gasteiger partial charge >= 0.3 is 0 Å². The molecular formula is C33H35BrN2OS. The number of piperidine rings is 1. The van der Waals surface area contributed by atoms with E-state index >= 15 is 0 Å². The van der Waals surface area contributed by atoms with Gasteiger partial charge in [-0.15, -0.1) is 11.3 Å². The Balaban J connectivity index is 1.31. The summed E-state index contributed by atoms with van der Waals surface area (Å²) >= 11 is 4.96. The van der Waals surface area contributed by atoms with Crippen molar-refractivity contribution in [1.82, 2.24) is 10.2 Å². The Hall–Kier alpha value is -2.73. The third-order valence-corrected chi connectivity index (χ3v) is 9.56. The van der Waals surface area contributed by atoms with Crippen LogP contribution in [0.1, 0.15) is 58.0 Å².